The molecule has 10 atom stereocenters. The standard InChI is InChI=1S/C46H80O4/c1-8-9-10-11-12-13-14-15-16-17-18-19-20-21-22-23-43(48)50-42-32-38-40-27-26-39(36(5)25-24-35(4)34(2)3)44(40,6)30-29-41(38)45(7)31-28-37(47)33-46(42,45)49/h24-25,32,34-37,39-42,47,49H,8-23,26-31,33H2,1-7H3/b25-24+/t35-,36+,37-,39+,40-,41-,42-,44+,45+,46-/m0/s1. The monoisotopic (exact) mass is 697 g/mol. The van der Waals surface area contributed by atoms with Crippen molar-refractivity contribution in [3.63, 3.8) is 0 Å². The van der Waals surface area contributed by atoms with E-state index >= 15 is 0 Å². The molecule has 4 heteroatoms. The van der Waals surface area contributed by atoms with Crippen molar-refractivity contribution < 1.29 is 19.7 Å². The molecule has 3 saturated carbocycles. The number of ether oxygens (including phenoxy) is 1. The van der Waals surface area contributed by atoms with Crippen LogP contribution in [0.15, 0.2) is 23.8 Å². The molecule has 0 saturated heterocycles. The molecular formula is C46H80O4. The summed E-state index contributed by atoms with van der Waals surface area (Å²) < 4.78 is 6.30. The van der Waals surface area contributed by atoms with Crippen LogP contribution >= 0.6 is 0 Å². The Morgan fingerprint density at radius 2 is 1.38 bits per heavy atom. The third-order valence-corrected chi connectivity index (χ3v) is 14.9. The van der Waals surface area contributed by atoms with Crippen molar-refractivity contribution in [1.82, 2.24) is 0 Å². The number of aliphatic hydroxyl groups is 2. The number of aliphatic hydroxyl groups excluding tert-OH is 1. The Balaban J connectivity index is 1.30. The number of carbonyl (C=O) groups is 1. The van der Waals surface area contributed by atoms with Gasteiger partial charge in [0, 0.05) is 18.3 Å². The minimum absolute atomic E-state index is 0.184. The first kappa shape index (κ1) is 41.6. The van der Waals surface area contributed by atoms with Gasteiger partial charge < -0.3 is 14.9 Å². The van der Waals surface area contributed by atoms with Crippen molar-refractivity contribution in [2.75, 3.05) is 0 Å². The van der Waals surface area contributed by atoms with Crippen LogP contribution in [0.1, 0.15) is 196 Å². The molecule has 4 aliphatic carbocycles. The Kier molecular flexibility index (Phi) is 16.0. The van der Waals surface area contributed by atoms with Gasteiger partial charge in [-0.25, -0.2) is 0 Å². The molecule has 2 N–H and O–H groups in total. The van der Waals surface area contributed by atoms with Crippen molar-refractivity contribution in [2.45, 2.75) is 214 Å². The lowest BCUT2D eigenvalue weighted by Crippen LogP contribution is -2.66. The van der Waals surface area contributed by atoms with Gasteiger partial charge in [-0.3, -0.25) is 4.79 Å². The van der Waals surface area contributed by atoms with Crippen LogP contribution in [0.2, 0.25) is 0 Å². The molecule has 0 spiro atoms. The molecule has 4 aliphatic rings. The summed E-state index contributed by atoms with van der Waals surface area (Å²) >= 11 is 0. The molecule has 0 aromatic carbocycles. The van der Waals surface area contributed by atoms with E-state index in [4.69, 9.17) is 4.74 Å². The summed E-state index contributed by atoms with van der Waals surface area (Å²) in [5.41, 5.74) is 0.0582. The SMILES string of the molecule is CCCCCCCCCCCCCCCCCC(=O)O[C@H]1C=C2[C@@H]3CC[C@H]([C@H](C)/C=C/[C@H](C)C(C)C)[C@@]3(C)CC[C@@H]2[C@@]2(C)CC[C@H](O)C[C@]12O. The van der Waals surface area contributed by atoms with E-state index in [1.165, 1.54) is 108 Å². The maximum absolute atomic E-state index is 13.4. The number of unbranched alkanes of at least 4 members (excludes halogenated alkanes) is 14. The third-order valence-electron chi connectivity index (χ3n) is 14.9. The number of carbonyl (C=O) groups excluding carboxylic acids is 1. The van der Waals surface area contributed by atoms with E-state index in [9.17, 15) is 15.0 Å². The van der Waals surface area contributed by atoms with Gasteiger partial charge in [-0.15, -0.1) is 0 Å². The van der Waals surface area contributed by atoms with Gasteiger partial charge in [0.25, 0.3) is 0 Å². The number of esters is 1. The van der Waals surface area contributed by atoms with Crippen LogP contribution in [0.4, 0.5) is 0 Å². The molecule has 0 bridgehead atoms. The quantitative estimate of drug-likeness (QED) is 0.0712. The van der Waals surface area contributed by atoms with Crippen molar-refractivity contribution >= 4 is 5.97 Å². The second-order valence-electron chi connectivity index (χ2n) is 18.7. The molecule has 50 heavy (non-hydrogen) atoms. The van der Waals surface area contributed by atoms with Gasteiger partial charge in [0.15, 0.2) is 0 Å². The highest BCUT2D eigenvalue weighted by Crippen LogP contribution is 2.68. The van der Waals surface area contributed by atoms with E-state index in [0.717, 1.165) is 25.7 Å². The van der Waals surface area contributed by atoms with Crippen LogP contribution in [-0.4, -0.2) is 34.0 Å². The molecule has 0 radical (unpaired) electrons. The molecule has 4 nitrogen and oxygen atoms in total. The minimum atomic E-state index is -1.22. The predicted octanol–water partition coefficient (Wildman–Crippen LogP) is 12.3. The fraction of sp³-hybridized carbons (Fsp3) is 0.891. The average Bonchev–Trinajstić information content (AvgIpc) is 3.43. The Hall–Kier alpha value is -1.13. The number of fused-ring (bicyclic) bond motifs is 5. The summed E-state index contributed by atoms with van der Waals surface area (Å²) in [6.45, 7) is 16.4. The maximum Gasteiger partial charge on any atom is 0.306 e. The van der Waals surface area contributed by atoms with E-state index in [1.54, 1.807) is 0 Å². The van der Waals surface area contributed by atoms with Gasteiger partial charge in [-0.1, -0.05) is 156 Å². The first-order chi connectivity index (χ1) is 23.9. The lowest BCUT2D eigenvalue weighted by atomic mass is 9.45. The normalized spacial score (nSPS) is 35.0. The fourth-order valence-electron chi connectivity index (χ4n) is 11.1. The van der Waals surface area contributed by atoms with Crippen molar-refractivity contribution in [3.05, 3.63) is 23.8 Å². The second kappa shape index (κ2) is 19.3. The minimum Gasteiger partial charge on any atom is -0.455 e. The van der Waals surface area contributed by atoms with Crippen LogP contribution in [0, 0.1) is 46.3 Å². The zero-order valence-electron chi connectivity index (χ0n) is 33.8. The van der Waals surface area contributed by atoms with Crippen molar-refractivity contribution in [3.8, 4) is 0 Å². The van der Waals surface area contributed by atoms with Gasteiger partial charge in [0.05, 0.1) is 6.10 Å². The molecule has 0 aromatic rings. The molecule has 288 valence electrons. The lowest BCUT2D eigenvalue weighted by molar-refractivity contribution is -0.222. The molecule has 0 aromatic heterocycles. The summed E-state index contributed by atoms with van der Waals surface area (Å²) in [4.78, 5) is 13.4. The van der Waals surface area contributed by atoms with Crippen molar-refractivity contribution in [2.24, 2.45) is 46.3 Å². The van der Waals surface area contributed by atoms with Gasteiger partial charge in [0.1, 0.15) is 11.7 Å². The summed E-state index contributed by atoms with van der Waals surface area (Å²) in [5.74, 6) is 2.98. The Bertz CT molecular complexity index is 1090. The van der Waals surface area contributed by atoms with Crippen molar-refractivity contribution in [1.29, 1.82) is 0 Å². The van der Waals surface area contributed by atoms with Gasteiger partial charge in [0.2, 0.25) is 0 Å². The highest BCUT2D eigenvalue weighted by Gasteiger charge is 2.66. The Morgan fingerprint density at radius 3 is 1.96 bits per heavy atom. The molecule has 0 aliphatic heterocycles. The van der Waals surface area contributed by atoms with Crippen LogP contribution in [0.5, 0.6) is 0 Å². The summed E-state index contributed by atoms with van der Waals surface area (Å²) in [7, 11) is 0. The van der Waals surface area contributed by atoms with Crippen LogP contribution < -0.4 is 0 Å². The highest BCUT2D eigenvalue weighted by molar-refractivity contribution is 5.70. The van der Waals surface area contributed by atoms with Gasteiger partial charge >= 0.3 is 5.97 Å². The second-order valence-corrected chi connectivity index (χ2v) is 18.7. The fourth-order valence-corrected chi connectivity index (χ4v) is 11.1. The van der Waals surface area contributed by atoms with Crippen LogP contribution in [0.3, 0.4) is 0 Å². The molecule has 0 heterocycles. The van der Waals surface area contributed by atoms with E-state index in [0.29, 0.717) is 48.9 Å². The number of rotatable bonds is 21. The lowest BCUT2D eigenvalue weighted by Gasteiger charge is -2.62. The number of hydrogen-bond acceptors (Lipinski definition) is 4. The Labute approximate surface area is 309 Å². The smallest absolute Gasteiger partial charge is 0.306 e. The topological polar surface area (TPSA) is 66.8 Å². The molecule has 4 rings (SSSR count). The first-order valence-electron chi connectivity index (χ1n) is 21.9. The van der Waals surface area contributed by atoms with E-state index in [1.807, 2.05) is 0 Å². The van der Waals surface area contributed by atoms with Gasteiger partial charge in [-0.2, -0.15) is 0 Å². The molecule has 0 amide bonds. The Morgan fingerprint density at radius 1 is 0.800 bits per heavy atom. The van der Waals surface area contributed by atoms with E-state index in [-0.39, 0.29) is 17.3 Å². The van der Waals surface area contributed by atoms with Gasteiger partial charge in [-0.05, 0) is 91.9 Å². The largest absolute Gasteiger partial charge is 0.455 e. The third kappa shape index (κ3) is 9.89. The van der Waals surface area contributed by atoms with Crippen LogP contribution in [0.25, 0.3) is 0 Å². The molecule has 0 unspecified atom stereocenters. The van der Waals surface area contributed by atoms with E-state index in [2.05, 4.69) is 66.7 Å². The summed E-state index contributed by atoms with van der Waals surface area (Å²) in [5, 5.41) is 23.3. The predicted molar refractivity (Wildman–Crippen MR) is 210 cm³/mol. The zero-order chi connectivity index (χ0) is 36.4. The first-order valence-corrected chi connectivity index (χ1v) is 21.9. The van der Waals surface area contributed by atoms with E-state index < -0.39 is 23.2 Å². The molecular weight excluding hydrogens is 617 g/mol. The maximum atomic E-state index is 13.4. The van der Waals surface area contributed by atoms with Crippen LogP contribution in [-0.2, 0) is 9.53 Å². The highest BCUT2D eigenvalue weighted by atomic mass is 16.6. The molecule has 3 fully saturated rings. The summed E-state index contributed by atoms with van der Waals surface area (Å²) in [6.07, 6.45) is 32.3. The summed E-state index contributed by atoms with van der Waals surface area (Å²) in [6, 6.07) is 0. The average molecular weight is 697 g/mol. The number of allylic oxidation sites excluding steroid dienone is 3. The number of hydrogen-bond donors (Lipinski definition) is 2. The zero-order valence-corrected chi connectivity index (χ0v) is 33.8.